The standard InChI is InChI=1S/C12H11ClIN3O4/c1-12(20)6(18)11(21-7(12)9(14)19)17-3-2-5-8(13)15-4-16-10(5)17/h2-4,6-7,11,18,20H,1H3/t6-,7+,11+,12-/m0/s1. The van der Waals surface area contributed by atoms with Crippen molar-refractivity contribution in [1.29, 1.82) is 0 Å². The molecule has 2 aromatic rings. The number of aliphatic hydroxyl groups is 2. The lowest BCUT2D eigenvalue weighted by Crippen LogP contribution is -2.46. The van der Waals surface area contributed by atoms with Crippen molar-refractivity contribution in [3.8, 4) is 0 Å². The van der Waals surface area contributed by atoms with Crippen LogP contribution in [0.1, 0.15) is 13.2 Å². The molecule has 7 nitrogen and oxygen atoms in total. The van der Waals surface area contributed by atoms with Gasteiger partial charge in [0.15, 0.2) is 12.3 Å². The molecule has 0 unspecified atom stereocenters. The van der Waals surface area contributed by atoms with E-state index in [1.54, 1.807) is 34.9 Å². The first-order valence-electron chi connectivity index (χ1n) is 6.06. The zero-order valence-electron chi connectivity index (χ0n) is 10.8. The summed E-state index contributed by atoms with van der Waals surface area (Å²) in [6.07, 6.45) is -0.429. The van der Waals surface area contributed by atoms with E-state index in [1.807, 2.05) is 0 Å². The third kappa shape index (κ3) is 2.25. The molecule has 1 fully saturated rings. The van der Waals surface area contributed by atoms with E-state index < -0.39 is 24.0 Å². The summed E-state index contributed by atoms with van der Waals surface area (Å²) in [6.45, 7) is 1.37. The maximum atomic E-state index is 11.6. The Labute approximate surface area is 138 Å². The summed E-state index contributed by atoms with van der Waals surface area (Å²) in [7, 11) is 0. The molecular weight excluding hydrogens is 413 g/mol. The van der Waals surface area contributed by atoms with Crippen molar-refractivity contribution in [1.82, 2.24) is 14.5 Å². The van der Waals surface area contributed by atoms with Gasteiger partial charge >= 0.3 is 0 Å². The molecule has 1 saturated heterocycles. The fraction of sp³-hybridized carbons (Fsp3) is 0.417. The smallest absolute Gasteiger partial charge is 0.224 e. The van der Waals surface area contributed by atoms with Crippen molar-refractivity contribution >= 4 is 49.0 Å². The van der Waals surface area contributed by atoms with E-state index in [1.165, 1.54) is 17.8 Å². The molecule has 112 valence electrons. The fourth-order valence-electron chi connectivity index (χ4n) is 2.44. The minimum Gasteiger partial charge on any atom is -0.385 e. The van der Waals surface area contributed by atoms with E-state index in [0.29, 0.717) is 11.0 Å². The Morgan fingerprint density at radius 2 is 2.29 bits per heavy atom. The largest absolute Gasteiger partial charge is 0.385 e. The third-order valence-corrected chi connectivity index (χ3v) is 4.48. The highest BCUT2D eigenvalue weighted by atomic mass is 127. The summed E-state index contributed by atoms with van der Waals surface area (Å²) in [5, 5.41) is 21.5. The fourth-order valence-corrected chi connectivity index (χ4v) is 3.41. The summed E-state index contributed by atoms with van der Waals surface area (Å²) < 4.78 is 6.69. The normalized spacial score (nSPS) is 32.7. The summed E-state index contributed by atoms with van der Waals surface area (Å²) in [6, 6.07) is 1.68. The van der Waals surface area contributed by atoms with Gasteiger partial charge in [0.05, 0.1) is 5.39 Å². The SMILES string of the molecule is C[C@@]1(O)[C@@H](C(=O)I)O[C@@H](n2ccc3c(Cl)ncnc32)[C@@H]1O. The first-order valence-corrected chi connectivity index (χ1v) is 7.52. The Balaban J connectivity index is 2.08. The van der Waals surface area contributed by atoms with Gasteiger partial charge in [-0.2, -0.15) is 0 Å². The van der Waals surface area contributed by atoms with E-state index in [2.05, 4.69) is 9.97 Å². The lowest BCUT2D eigenvalue weighted by atomic mass is 9.95. The molecule has 1 aliphatic heterocycles. The van der Waals surface area contributed by atoms with Crippen LogP contribution in [-0.2, 0) is 9.53 Å². The minimum atomic E-state index is -1.68. The lowest BCUT2D eigenvalue weighted by Gasteiger charge is -2.24. The Morgan fingerprint density at radius 1 is 1.57 bits per heavy atom. The van der Waals surface area contributed by atoms with Gasteiger partial charge in [0.25, 0.3) is 0 Å². The highest BCUT2D eigenvalue weighted by Gasteiger charge is 2.55. The van der Waals surface area contributed by atoms with Gasteiger partial charge in [-0.1, -0.05) is 11.6 Å². The van der Waals surface area contributed by atoms with E-state index in [0.717, 1.165) is 0 Å². The van der Waals surface area contributed by atoms with E-state index in [4.69, 9.17) is 16.3 Å². The van der Waals surface area contributed by atoms with Crippen LogP contribution in [0.5, 0.6) is 0 Å². The number of carbonyl (C=O) groups excluding carboxylic acids is 1. The number of hydrogen-bond acceptors (Lipinski definition) is 6. The van der Waals surface area contributed by atoms with Crippen molar-refractivity contribution in [3.05, 3.63) is 23.7 Å². The average molecular weight is 424 g/mol. The molecule has 2 N–H and O–H groups in total. The van der Waals surface area contributed by atoms with Crippen molar-refractivity contribution < 1.29 is 19.7 Å². The zero-order valence-corrected chi connectivity index (χ0v) is 13.7. The predicted octanol–water partition coefficient (Wildman–Crippen LogP) is 1.06. The van der Waals surface area contributed by atoms with E-state index >= 15 is 0 Å². The van der Waals surface area contributed by atoms with Crippen molar-refractivity contribution in [2.45, 2.75) is 31.0 Å². The van der Waals surface area contributed by atoms with Gasteiger partial charge in [-0.15, -0.1) is 0 Å². The second kappa shape index (κ2) is 5.13. The van der Waals surface area contributed by atoms with Gasteiger partial charge in [-0.05, 0) is 13.0 Å². The van der Waals surface area contributed by atoms with Crippen LogP contribution in [0.25, 0.3) is 11.0 Å². The van der Waals surface area contributed by atoms with Crippen LogP contribution >= 0.6 is 34.2 Å². The number of rotatable bonds is 2. The van der Waals surface area contributed by atoms with Crippen LogP contribution in [0.15, 0.2) is 18.6 Å². The van der Waals surface area contributed by atoms with Crippen LogP contribution in [0.4, 0.5) is 0 Å². The molecule has 0 aromatic carbocycles. The molecule has 0 amide bonds. The molecule has 0 bridgehead atoms. The average Bonchev–Trinajstić information content (AvgIpc) is 2.92. The molecule has 0 aliphatic carbocycles. The van der Waals surface area contributed by atoms with Crippen LogP contribution < -0.4 is 0 Å². The Morgan fingerprint density at radius 3 is 2.90 bits per heavy atom. The molecule has 9 heteroatoms. The Kier molecular flexibility index (Phi) is 3.69. The minimum absolute atomic E-state index is 0.277. The molecule has 2 aromatic heterocycles. The zero-order chi connectivity index (χ0) is 15.4. The van der Waals surface area contributed by atoms with Crippen LogP contribution in [0, 0.1) is 0 Å². The number of fused-ring (bicyclic) bond motifs is 1. The number of ether oxygens (including phenoxy) is 1. The van der Waals surface area contributed by atoms with Crippen LogP contribution in [-0.4, -0.2) is 46.3 Å². The van der Waals surface area contributed by atoms with Gasteiger partial charge < -0.3 is 19.5 Å². The monoisotopic (exact) mass is 423 g/mol. The maximum absolute atomic E-state index is 11.6. The van der Waals surface area contributed by atoms with Crippen LogP contribution in [0.3, 0.4) is 0 Å². The van der Waals surface area contributed by atoms with Gasteiger partial charge in [0.1, 0.15) is 28.8 Å². The Bertz CT molecular complexity index is 720. The van der Waals surface area contributed by atoms with Crippen molar-refractivity contribution in [2.24, 2.45) is 0 Å². The second-order valence-electron chi connectivity index (χ2n) is 5.01. The number of aliphatic hydroxyl groups excluding tert-OH is 1. The van der Waals surface area contributed by atoms with Crippen molar-refractivity contribution in [3.63, 3.8) is 0 Å². The van der Waals surface area contributed by atoms with Gasteiger partial charge in [0, 0.05) is 28.8 Å². The third-order valence-electron chi connectivity index (χ3n) is 3.62. The van der Waals surface area contributed by atoms with E-state index in [-0.39, 0.29) is 8.94 Å². The molecule has 4 atom stereocenters. The Hall–Kier alpha value is -0.810. The lowest BCUT2D eigenvalue weighted by molar-refractivity contribution is -0.130. The number of hydrogen-bond donors (Lipinski definition) is 2. The molecular formula is C12H11ClIN3O4. The molecule has 21 heavy (non-hydrogen) atoms. The van der Waals surface area contributed by atoms with Gasteiger partial charge in [0.2, 0.25) is 3.79 Å². The van der Waals surface area contributed by atoms with Gasteiger partial charge in [-0.25, -0.2) is 9.97 Å². The number of aromatic nitrogens is 3. The number of carbonyl (C=O) groups is 1. The summed E-state index contributed by atoms with van der Waals surface area (Å²) in [5.74, 6) is 0. The predicted molar refractivity (Wildman–Crippen MR) is 82.1 cm³/mol. The highest BCUT2D eigenvalue weighted by Crippen LogP contribution is 2.39. The summed E-state index contributed by atoms with van der Waals surface area (Å²) in [5.41, 5.74) is -1.23. The number of halogens is 2. The summed E-state index contributed by atoms with van der Waals surface area (Å²) in [4.78, 5) is 19.6. The first-order chi connectivity index (χ1) is 9.84. The molecule has 0 radical (unpaired) electrons. The molecule has 3 heterocycles. The maximum Gasteiger partial charge on any atom is 0.224 e. The molecule has 0 saturated carbocycles. The molecule has 0 spiro atoms. The molecule has 3 rings (SSSR count). The van der Waals surface area contributed by atoms with Crippen LogP contribution in [0.2, 0.25) is 5.15 Å². The first kappa shape index (κ1) is 15.1. The highest BCUT2D eigenvalue weighted by molar-refractivity contribution is 14.1. The number of nitrogens with zero attached hydrogens (tertiary/aromatic N) is 3. The topological polar surface area (TPSA) is 97.5 Å². The second-order valence-corrected chi connectivity index (χ2v) is 6.43. The quantitative estimate of drug-likeness (QED) is 0.426. The van der Waals surface area contributed by atoms with Gasteiger partial charge in [-0.3, -0.25) is 4.79 Å². The summed E-state index contributed by atoms with van der Waals surface area (Å²) >= 11 is 7.52. The van der Waals surface area contributed by atoms with E-state index in [9.17, 15) is 15.0 Å². The van der Waals surface area contributed by atoms with Crippen molar-refractivity contribution in [2.75, 3.05) is 0 Å². The molecule has 1 aliphatic rings.